The molecule has 3 amide bonds. The first-order valence-corrected chi connectivity index (χ1v) is 11.0. The molecule has 1 aromatic heterocycles. The summed E-state index contributed by atoms with van der Waals surface area (Å²) >= 11 is 0. The summed E-state index contributed by atoms with van der Waals surface area (Å²) in [6.07, 6.45) is 3.82. The van der Waals surface area contributed by atoms with E-state index < -0.39 is 12.0 Å². The van der Waals surface area contributed by atoms with Crippen molar-refractivity contribution in [3.63, 3.8) is 0 Å². The van der Waals surface area contributed by atoms with E-state index in [0.29, 0.717) is 19.5 Å². The fourth-order valence-corrected chi connectivity index (χ4v) is 3.90. The highest BCUT2D eigenvalue weighted by molar-refractivity contribution is 6.01. The van der Waals surface area contributed by atoms with Crippen LogP contribution in [0.1, 0.15) is 17.5 Å². The fourth-order valence-electron chi connectivity index (χ4n) is 3.90. The number of carbonyl (C=O) groups is 3. The lowest BCUT2D eigenvalue weighted by atomic mass is 10.0. The van der Waals surface area contributed by atoms with E-state index in [0.717, 1.165) is 16.8 Å². The van der Waals surface area contributed by atoms with Gasteiger partial charge in [-0.25, -0.2) is 0 Å². The molecule has 4 rings (SSSR count). The van der Waals surface area contributed by atoms with Crippen LogP contribution < -0.4 is 15.5 Å². The molecule has 7 heteroatoms. The van der Waals surface area contributed by atoms with Crippen molar-refractivity contribution in [3.05, 3.63) is 96.3 Å². The highest BCUT2D eigenvalue weighted by atomic mass is 16.2. The molecular weight excluding hydrogens is 416 g/mol. The molecule has 3 aromatic rings. The van der Waals surface area contributed by atoms with E-state index in [9.17, 15) is 14.4 Å². The van der Waals surface area contributed by atoms with Gasteiger partial charge in [0, 0.05) is 44.0 Å². The van der Waals surface area contributed by atoms with Crippen LogP contribution in [0.4, 0.5) is 5.69 Å². The summed E-state index contributed by atoms with van der Waals surface area (Å²) in [4.78, 5) is 44.2. The number of hydrogen-bond donors (Lipinski definition) is 2. The smallest absolute Gasteiger partial charge is 0.243 e. The van der Waals surface area contributed by atoms with E-state index in [1.807, 2.05) is 72.8 Å². The summed E-state index contributed by atoms with van der Waals surface area (Å²) in [6.45, 7) is 0.636. The molecule has 1 saturated heterocycles. The fraction of sp³-hybridized carbons (Fsp3) is 0.231. The maximum absolute atomic E-state index is 13.1. The second kappa shape index (κ2) is 10.5. The molecule has 168 valence electrons. The van der Waals surface area contributed by atoms with Crippen LogP contribution >= 0.6 is 0 Å². The first-order valence-electron chi connectivity index (χ1n) is 11.0. The first kappa shape index (κ1) is 22.2. The van der Waals surface area contributed by atoms with Crippen LogP contribution in [0.3, 0.4) is 0 Å². The minimum atomic E-state index is -0.748. The Morgan fingerprint density at radius 1 is 0.939 bits per heavy atom. The molecule has 2 heterocycles. The highest BCUT2D eigenvalue weighted by Gasteiger charge is 2.36. The number of hydrogen-bond acceptors (Lipinski definition) is 4. The monoisotopic (exact) mass is 442 g/mol. The van der Waals surface area contributed by atoms with Crippen LogP contribution in [-0.4, -0.2) is 35.3 Å². The average molecular weight is 443 g/mol. The van der Waals surface area contributed by atoms with Crippen LogP contribution in [0.25, 0.3) is 0 Å². The molecule has 2 aromatic carbocycles. The highest BCUT2D eigenvalue weighted by Crippen LogP contribution is 2.25. The van der Waals surface area contributed by atoms with Gasteiger partial charge in [0.05, 0.1) is 5.92 Å². The minimum absolute atomic E-state index is 0.0944. The summed E-state index contributed by atoms with van der Waals surface area (Å²) in [5, 5.41) is 5.79. The van der Waals surface area contributed by atoms with Gasteiger partial charge in [-0.1, -0.05) is 48.5 Å². The van der Waals surface area contributed by atoms with Gasteiger partial charge >= 0.3 is 0 Å². The molecule has 0 spiro atoms. The van der Waals surface area contributed by atoms with Crippen LogP contribution in [0, 0.1) is 5.92 Å². The molecule has 0 bridgehead atoms. The Hall–Kier alpha value is -4.00. The van der Waals surface area contributed by atoms with Crippen molar-refractivity contribution in [2.24, 2.45) is 5.92 Å². The van der Waals surface area contributed by atoms with Crippen molar-refractivity contribution >= 4 is 23.4 Å². The Morgan fingerprint density at radius 2 is 1.61 bits per heavy atom. The molecule has 1 unspecified atom stereocenters. The third kappa shape index (κ3) is 5.83. The zero-order valence-electron chi connectivity index (χ0n) is 18.2. The number of pyridine rings is 1. The van der Waals surface area contributed by atoms with Gasteiger partial charge in [0.1, 0.15) is 6.04 Å². The normalized spacial score (nSPS) is 16.3. The van der Waals surface area contributed by atoms with Gasteiger partial charge in [-0.3, -0.25) is 19.4 Å². The van der Waals surface area contributed by atoms with Gasteiger partial charge in [0.25, 0.3) is 0 Å². The lowest BCUT2D eigenvalue weighted by Crippen LogP contribution is -2.49. The summed E-state index contributed by atoms with van der Waals surface area (Å²) in [5.41, 5.74) is 2.63. The van der Waals surface area contributed by atoms with E-state index >= 15 is 0 Å². The maximum Gasteiger partial charge on any atom is 0.243 e. The number of anilines is 1. The van der Waals surface area contributed by atoms with Gasteiger partial charge < -0.3 is 15.5 Å². The van der Waals surface area contributed by atoms with Gasteiger partial charge in [0.15, 0.2) is 0 Å². The van der Waals surface area contributed by atoms with Crippen LogP contribution in [0.15, 0.2) is 85.2 Å². The largest absolute Gasteiger partial charge is 0.350 e. The second-order valence-electron chi connectivity index (χ2n) is 8.07. The van der Waals surface area contributed by atoms with Crippen molar-refractivity contribution in [2.45, 2.75) is 25.4 Å². The lowest BCUT2D eigenvalue weighted by Gasteiger charge is -2.21. The Labute approximate surface area is 192 Å². The summed E-state index contributed by atoms with van der Waals surface area (Å²) in [5.74, 6) is -1.16. The van der Waals surface area contributed by atoms with Crippen molar-refractivity contribution < 1.29 is 14.4 Å². The first-order chi connectivity index (χ1) is 16.1. The minimum Gasteiger partial charge on any atom is -0.350 e. The average Bonchev–Trinajstić information content (AvgIpc) is 3.25. The van der Waals surface area contributed by atoms with Gasteiger partial charge in [-0.15, -0.1) is 0 Å². The van der Waals surface area contributed by atoms with Crippen LogP contribution in [0.5, 0.6) is 0 Å². The number of rotatable bonds is 8. The van der Waals surface area contributed by atoms with Crippen molar-refractivity contribution in [1.29, 1.82) is 0 Å². The topological polar surface area (TPSA) is 91.4 Å². The SMILES string of the molecule is O=C(N[C@@H](Cc1ccccc1)C(=O)NCc1ccncc1)C1CC(=O)N(c2ccccc2)C1. The van der Waals surface area contributed by atoms with Crippen LogP contribution in [-0.2, 0) is 27.3 Å². The number of benzene rings is 2. The number of nitrogens with one attached hydrogen (secondary N) is 2. The number of carbonyl (C=O) groups excluding carboxylic acids is 3. The predicted molar refractivity (Wildman–Crippen MR) is 125 cm³/mol. The molecule has 1 aliphatic rings. The number of nitrogens with zero attached hydrogens (tertiary/aromatic N) is 2. The quantitative estimate of drug-likeness (QED) is 0.561. The van der Waals surface area contributed by atoms with E-state index in [1.165, 1.54) is 0 Å². The molecule has 0 saturated carbocycles. The number of aromatic nitrogens is 1. The molecule has 7 nitrogen and oxygen atoms in total. The van der Waals surface area contributed by atoms with E-state index in [2.05, 4.69) is 15.6 Å². The van der Waals surface area contributed by atoms with E-state index in [-0.39, 0.29) is 24.1 Å². The summed E-state index contributed by atoms with van der Waals surface area (Å²) < 4.78 is 0. The van der Waals surface area contributed by atoms with Crippen molar-refractivity contribution in [3.8, 4) is 0 Å². The number of para-hydroxylation sites is 1. The molecular formula is C26H26N4O3. The van der Waals surface area contributed by atoms with Gasteiger partial charge in [0.2, 0.25) is 17.7 Å². The molecule has 2 atom stereocenters. The molecule has 2 N–H and O–H groups in total. The zero-order chi connectivity index (χ0) is 23.0. The molecule has 1 aliphatic heterocycles. The Kier molecular flexibility index (Phi) is 7.09. The molecule has 1 fully saturated rings. The predicted octanol–water partition coefficient (Wildman–Crippen LogP) is 2.48. The lowest BCUT2D eigenvalue weighted by molar-refractivity contribution is -0.131. The standard InChI is InChI=1S/C26H26N4O3/c31-24-16-21(18-30(24)22-9-5-2-6-10-22)25(32)29-23(15-19-7-3-1-4-8-19)26(33)28-17-20-11-13-27-14-12-20/h1-14,21,23H,15-18H2,(H,28,33)(H,29,32)/t21?,23-/m0/s1. The third-order valence-electron chi connectivity index (χ3n) is 5.70. The Morgan fingerprint density at radius 3 is 2.30 bits per heavy atom. The van der Waals surface area contributed by atoms with Gasteiger partial charge in [-0.2, -0.15) is 0 Å². The van der Waals surface area contributed by atoms with E-state index in [4.69, 9.17) is 0 Å². The van der Waals surface area contributed by atoms with Crippen LogP contribution in [0.2, 0.25) is 0 Å². The molecule has 33 heavy (non-hydrogen) atoms. The zero-order valence-corrected chi connectivity index (χ0v) is 18.2. The maximum atomic E-state index is 13.1. The van der Waals surface area contributed by atoms with Crippen molar-refractivity contribution in [1.82, 2.24) is 15.6 Å². The third-order valence-corrected chi connectivity index (χ3v) is 5.70. The Bertz CT molecular complexity index is 1090. The number of amides is 3. The second-order valence-corrected chi connectivity index (χ2v) is 8.07. The molecule has 0 aliphatic carbocycles. The Balaban J connectivity index is 1.43. The summed E-state index contributed by atoms with van der Waals surface area (Å²) in [6, 6.07) is 21.8. The van der Waals surface area contributed by atoms with Gasteiger partial charge in [-0.05, 0) is 35.4 Å². The molecule has 0 radical (unpaired) electrons. The van der Waals surface area contributed by atoms with E-state index in [1.54, 1.807) is 17.3 Å². The summed E-state index contributed by atoms with van der Waals surface area (Å²) in [7, 11) is 0. The van der Waals surface area contributed by atoms with Crippen molar-refractivity contribution in [2.75, 3.05) is 11.4 Å².